The molecule has 3 aromatic rings. The number of halogens is 1. The molecule has 0 saturated heterocycles. The lowest BCUT2D eigenvalue weighted by molar-refractivity contribution is 0.321. The van der Waals surface area contributed by atoms with Crippen molar-refractivity contribution < 1.29 is 8.42 Å². The molecule has 172 valence electrons. The first-order valence-electron chi connectivity index (χ1n) is 10.8. The van der Waals surface area contributed by atoms with Crippen LogP contribution >= 0.6 is 11.6 Å². The Balaban J connectivity index is 2.23. The predicted octanol–water partition coefficient (Wildman–Crippen LogP) is 5.16. The Bertz CT molecular complexity index is 1310. The van der Waals surface area contributed by atoms with Gasteiger partial charge in [-0.25, -0.2) is 13.4 Å². The fourth-order valence-corrected chi connectivity index (χ4v) is 6.67. The Kier molecular flexibility index (Phi) is 7.12. The molecule has 0 radical (unpaired) electrons. The van der Waals surface area contributed by atoms with E-state index in [0.717, 1.165) is 5.56 Å². The molecule has 2 aromatic carbocycles. The highest BCUT2D eigenvalue weighted by atomic mass is 35.5. The normalized spacial score (nSPS) is 13.1. The summed E-state index contributed by atoms with van der Waals surface area (Å²) in [6, 6.07) is 8.12. The Morgan fingerprint density at radius 3 is 2.28 bits per heavy atom. The average Bonchev–Trinajstić information content (AvgIpc) is 2.70. The molecule has 0 N–H and O–H groups in total. The molecule has 1 atom stereocenters. The first kappa shape index (κ1) is 24.4. The van der Waals surface area contributed by atoms with Crippen molar-refractivity contribution in [3.63, 3.8) is 0 Å². The Morgan fingerprint density at radius 1 is 1.09 bits per heavy atom. The van der Waals surface area contributed by atoms with Gasteiger partial charge < -0.3 is 0 Å². The average molecular weight is 476 g/mol. The number of rotatable bonds is 7. The molecule has 1 aromatic heterocycles. The zero-order valence-electron chi connectivity index (χ0n) is 19.4. The van der Waals surface area contributed by atoms with Gasteiger partial charge in [0.2, 0.25) is 10.0 Å². The van der Waals surface area contributed by atoms with Gasteiger partial charge in [0, 0.05) is 18.1 Å². The summed E-state index contributed by atoms with van der Waals surface area (Å²) in [5.41, 5.74) is 2.72. The van der Waals surface area contributed by atoms with E-state index in [1.54, 1.807) is 25.1 Å². The van der Waals surface area contributed by atoms with Crippen LogP contribution < -0.4 is 5.56 Å². The lowest BCUT2D eigenvalue weighted by Crippen LogP contribution is -2.38. The van der Waals surface area contributed by atoms with Crippen LogP contribution in [0.1, 0.15) is 55.7 Å². The topological polar surface area (TPSA) is 72.3 Å². The standard InChI is InChI=1S/C24H30ClN3O3S/c1-7-11-28(32(30,31)22-16(4)12-15(3)13-17(22)5)18(6)23-26-21-10-9-19(25)14-20(21)24(29)27(23)8-2/h9-10,12-14,18H,7-8,11H2,1-6H3. The van der Waals surface area contributed by atoms with Gasteiger partial charge in [-0.05, 0) is 70.4 Å². The molecule has 32 heavy (non-hydrogen) atoms. The zero-order valence-corrected chi connectivity index (χ0v) is 21.0. The van der Waals surface area contributed by atoms with Crippen molar-refractivity contribution in [1.82, 2.24) is 13.9 Å². The highest BCUT2D eigenvalue weighted by Crippen LogP contribution is 2.31. The maximum atomic E-state index is 13.9. The molecule has 3 rings (SSSR count). The van der Waals surface area contributed by atoms with Crippen LogP contribution in [0.3, 0.4) is 0 Å². The molecule has 0 aliphatic carbocycles. The van der Waals surface area contributed by atoms with E-state index in [1.807, 2.05) is 46.8 Å². The third-order valence-electron chi connectivity index (χ3n) is 5.68. The van der Waals surface area contributed by atoms with Gasteiger partial charge in [0.25, 0.3) is 5.56 Å². The minimum Gasteiger partial charge on any atom is -0.295 e. The second kappa shape index (κ2) is 9.33. The molecule has 0 aliphatic rings. The Hall–Kier alpha value is -2.22. The number of nitrogens with zero attached hydrogens (tertiary/aromatic N) is 3. The maximum absolute atomic E-state index is 13.9. The summed E-state index contributed by atoms with van der Waals surface area (Å²) in [5.74, 6) is 0.423. The molecule has 0 aliphatic heterocycles. The van der Waals surface area contributed by atoms with E-state index in [4.69, 9.17) is 16.6 Å². The van der Waals surface area contributed by atoms with E-state index >= 15 is 0 Å². The van der Waals surface area contributed by atoms with Crippen molar-refractivity contribution in [2.75, 3.05) is 6.54 Å². The van der Waals surface area contributed by atoms with Gasteiger partial charge >= 0.3 is 0 Å². The van der Waals surface area contributed by atoms with Crippen LogP contribution in [-0.2, 0) is 16.6 Å². The lowest BCUT2D eigenvalue weighted by atomic mass is 10.1. The van der Waals surface area contributed by atoms with Crippen molar-refractivity contribution in [2.24, 2.45) is 0 Å². The van der Waals surface area contributed by atoms with Gasteiger partial charge in [0.15, 0.2) is 0 Å². The molecular formula is C24H30ClN3O3S. The fourth-order valence-electron chi connectivity index (χ4n) is 4.40. The number of benzene rings is 2. The van der Waals surface area contributed by atoms with Crippen LogP contribution in [0.2, 0.25) is 5.02 Å². The lowest BCUT2D eigenvalue weighted by Gasteiger charge is -2.30. The van der Waals surface area contributed by atoms with Crippen molar-refractivity contribution in [3.05, 3.63) is 68.2 Å². The zero-order chi connectivity index (χ0) is 23.8. The fraction of sp³-hybridized carbons (Fsp3) is 0.417. The van der Waals surface area contributed by atoms with E-state index in [1.165, 1.54) is 8.87 Å². The van der Waals surface area contributed by atoms with Gasteiger partial charge in [-0.1, -0.05) is 36.2 Å². The van der Waals surface area contributed by atoms with Crippen LogP contribution in [-0.4, -0.2) is 28.8 Å². The van der Waals surface area contributed by atoms with E-state index in [0.29, 0.717) is 57.3 Å². The predicted molar refractivity (Wildman–Crippen MR) is 130 cm³/mol. The van der Waals surface area contributed by atoms with Gasteiger partial charge in [-0.3, -0.25) is 9.36 Å². The summed E-state index contributed by atoms with van der Waals surface area (Å²) in [4.78, 5) is 18.2. The number of aromatic nitrogens is 2. The maximum Gasteiger partial charge on any atom is 0.261 e. The SMILES string of the molecule is CCCN(C(C)c1nc2ccc(Cl)cc2c(=O)n1CC)S(=O)(=O)c1c(C)cc(C)cc1C. The van der Waals surface area contributed by atoms with Crippen molar-refractivity contribution >= 4 is 32.5 Å². The number of aryl methyl sites for hydroxylation is 3. The first-order chi connectivity index (χ1) is 15.0. The van der Waals surface area contributed by atoms with Crippen LogP contribution in [0.25, 0.3) is 10.9 Å². The van der Waals surface area contributed by atoms with Crippen molar-refractivity contribution in [1.29, 1.82) is 0 Å². The summed E-state index contributed by atoms with van der Waals surface area (Å²) in [6.45, 7) is 11.9. The second-order valence-electron chi connectivity index (χ2n) is 8.20. The second-order valence-corrected chi connectivity index (χ2v) is 10.5. The summed E-state index contributed by atoms with van der Waals surface area (Å²) in [6.07, 6.45) is 0.632. The minimum absolute atomic E-state index is 0.224. The molecule has 0 amide bonds. The third kappa shape index (κ3) is 4.34. The molecule has 6 nitrogen and oxygen atoms in total. The van der Waals surface area contributed by atoms with E-state index in [9.17, 15) is 13.2 Å². The highest BCUT2D eigenvalue weighted by molar-refractivity contribution is 7.89. The molecular weight excluding hydrogens is 446 g/mol. The quantitative estimate of drug-likeness (QED) is 0.473. The van der Waals surface area contributed by atoms with Crippen LogP contribution in [0.4, 0.5) is 0 Å². The minimum atomic E-state index is -3.83. The largest absolute Gasteiger partial charge is 0.295 e. The molecule has 0 spiro atoms. The molecule has 0 fully saturated rings. The summed E-state index contributed by atoms with van der Waals surface area (Å²) in [7, 11) is -3.83. The molecule has 1 unspecified atom stereocenters. The molecule has 0 bridgehead atoms. The first-order valence-corrected chi connectivity index (χ1v) is 12.6. The molecule has 8 heteroatoms. The van der Waals surface area contributed by atoms with Crippen LogP contribution in [0.5, 0.6) is 0 Å². The molecule has 1 heterocycles. The summed E-state index contributed by atoms with van der Waals surface area (Å²) in [5, 5.41) is 0.880. The van der Waals surface area contributed by atoms with Gasteiger partial charge in [-0.15, -0.1) is 0 Å². The van der Waals surface area contributed by atoms with Gasteiger partial charge in [0.1, 0.15) is 5.82 Å². The number of sulfonamides is 1. The van der Waals surface area contributed by atoms with Crippen LogP contribution in [0.15, 0.2) is 40.0 Å². The van der Waals surface area contributed by atoms with Gasteiger partial charge in [-0.2, -0.15) is 4.31 Å². The van der Waals surface area contributed by atoms with Crippen molar-refractivity contribution in [3.8, 4) is 0 Å². The Labute approximate surface area is 194 Å². The number of fused-ring (bicyclic) bond motifs is 1. The highest BCUT2D eigenvalue weighted by Gasteiger charge is 2.34. The third-order valence-corrected chi connectivity index (χ3v) is 8.19. The number of hydrogen-bond donors (Lipinski definition) is 0. The van der Waals surface area contributed by atoms with Crippen LogP contribution in [0, 0.1) is 20.8 Å². The summed E-state index contributed by atoms with van der Waals surface area (Å²) >= 11 is 6.09. The summed E-state index contributed by atoms with van der Waals surface area (Å²) < 4.78 is 30.8. The van der Waals surface area contributed by atoms with Crippen molar-refractivity contribution in [2.45, 2.75) is 65.4 Å². The van der Waals surface area contributed by atoms with E-state index in [2.05, 4.69) is 0 Å². The van der Waals surface area contributed by atoms with E-state index < -0.39 is 16.1 Å². The number of hydrogen-bond acceptors (Lipinski definition) is 4. The van der Waals surface area contributed by atoms with Gasteiger partial charge in [0.05, 0.1) is 21.8 Å². The monoisotopic (exact) mass is 475 g/mol. The Morgan fingerprint density at radius 2 is 1.72 bits per heavy atom. The smallest absolute Gasteiger partial charge is 0.261 e. The van der Waals surface area contributed by atoms with E-state index in [-0.39, 0.29) is 5.56 Å². The molecule has 0 saturated carbocycles.